The first-order valence-corrected chi connectivity index (χ1v) is 10.4. The Balaban J connectivity index is 0.00000341. The van der Waals surface area contributed by atoms with Crippen LogP contribution in [0, 0.1) is 0 Å². The largest absolute Gasteiger partial charge is 0.353 e. The Kier molecular flexibility index (Phi) is 9.53. The molecule has 3 amide bonds. The van der Waals surface area contributed by atoms with Crippen molar-refractivity contribution < 1.29 is 14.4 Å². The van der Waals surface area contributed by atoms with E-state index >= 15 is 0 Å². The molecule has 0 bridgehead atoms. The van der Waals surface area contributed by atoms with Gasteiger partial charge in [0.25, 0.3) is 5.91 Å². The van der Waals surface area contributed by atoms with E-state index in [1.54, 1.807) is 24.1 Å². The van der Waals surface area contributed by atoms with Gasteiger partial charge in [-0.3, -0.25) is 19.4 Å². The van der Waals surface area contributed by atoms with Crippen molar-refractivity contribution in [2.45, 2.75) is 32.4 Å². The topological polar surface area (TPSA) is 106 Å². The van der Waals surface area contributed by atoms with E-state index in [9.17, 15) is 14.4 Å². The zero-order valence-electron chi connectivity index (χ0n) is 18.0. The molecule has 2 fully saturated rings. The zero-order chi connectivity index (χ0) is 21.5. The van der Waals surface area contributed by atoms with Crippen molar-refractivity contribution in [3.05, 3.63) is 35.4 Å². The number of nitrogens with zero attached hydrogens (tertiary/aromatic N) is 3. The van der Waals surface area contributed by atoms with Gasteiger partial charge in [-0.1, -0.05) is 19.1 Å². The molecule has 9 nitrogen and oxygen atoms in total. The van der Waals surface area contributed by atoms with E-state index in [-0.39, 0.29) is 54.3 Å². The minimum Gasteiger partial charge on any atom is -0.353 e. The van der Waals surface area contributed by atoms with Crippen molar-refractivity contribution in [2.24, 2.45) is 4.99 Å². The van der Waals surface area contributed by atoms with E-state index in [1.807, 2.05) is 24.0 Å². The Morgan fingerprint density at radius 2 is 1.94 bits per heavy atom. The molecule has 1 aromatic rings. The van der Waals surface area contributed by atoms with E-state index in [1.165, 1.54) is 0 Å². The number of halogens is 1. The number of carbonyl (C=O) groups is 3. The predicted octanol–water partition coefficient (Wildman–Crippen LogP) is 0.553. The first-order valence-electron chi connectivity index (χ1n) is 10.4. The number of nitrogens with one attached hydrogen (secondary N) is 3. The Morgan fingerprint density at radius 1 is 1.19 bits per heavy atom. The fourth-order valence-corrected chi connectivity index (χ4v) is 3.66. The molecule has 0 spiro atoms. The molecule has 0 saturated carbocycles. The lowest BCUT2D eigenvalue weighted by molar-refractivity contribution is -0.129. The van der Waals surface area contributed by atoms with Crippen LogP contribution in [-0.2, 0) is 16.1 Å². The number of hydrogen-bond acceptors (Lipinski definition) is 4. The van der Waals surface area contributed by atoms with Crippen molar-refractivity contribution >= 4 is 47.7 Å². The van der Waals surface area contributed by atoms with Crippen LogP contribution in [0.2, 0.25) is 0 Å². The van der Waals surface area contributed by atoms with E-state index in [0.29, 0.717) is 44.1 Å². The van der Waals surface area contributed by atoms with Gasteiger partial charge in [-0.25, -0.2) is 0 Å². The Labute approximate surface area is 200 Å². The molecular formula is C21H31IN6O3. The van der Waals surface area contributed by atoms with E-state index < -0.39 is 0 Å². The van der Waals surface area contributed by atoms with E-state index in [4.69, 9.17) is 0 Å². The maximum atomic E-state index is 12.5. The highest BCUT2D eigenvalue weighted by Crippen LogP contribution is 2.11. The number of amides is 3. The van der Waals surface area contributed by atoms with E-state index in [2.05, 4.69) is 20.9 Å². The van der Waals surface area contributed by atoms with Gasteiger partial charge in [0.05, 0.1) is 6.54 Å². The average molecular weight is 542 g/mol. The Bertz CT molecular complexity index is 814. The quantitative estimate of drug-likeness (QED) is 0.287. The second-order valence-electron chi connectivity index (χ2n) is 7.52. The summed E-state index contributed by atoms with van der Waals surface area (Å²) >= 11 is 0. The van der Waals surface area contributed by atoms with Crippen LogP contribution >= 0.6 is 24.0 Å². The molecule has 0 radical (unpaired) electrons. The molecule has 2 saturated heterocycles. The minimum atomic E-state index is -0.130. The van der Waals surface area contributed by atoms with Crippen LogP contribution in [0.3, 0.4) is 0 Å². The van der Waals surface area contributed by atoms with Gasteiger partial charge >= 0.3 is 0 Å². The number of carbonyl (C=O) groups excluding carboxylic acids is 3. The molecule has 3 N–H and O–H groups in total. The lowest BCUT2D eigenvalue weighted by Crippen LogP contribution is -2.49. The van der Waals surface area contributed by atoms with Gasteiger partial charge in [0.15, 0.2) is 5.96 Å². The molecule has 0 aliphatic carbocycles. The summed E-state index contributed by atoms with van der Waals surface area (Å²) in [5.74, 6) is 0.611. The van der Waals surface area contributed by atoms with Crippen LogP contribution in [0.15, 0.2) is 29.3 Å². The molecular weight excluding hydrogens is 511 g/mol. The Morgan fingerprint density at radius 3 is 2.58 bits per heavy atom. The van der Waals surface area contributed by atoms with Gasteiger partial charge in [0.2, 0.25) is 11.8 Å². The van der Waals surface area contributed by atoms with Crippen molar-refractivity contribution in [1.82, 2.24) is 25.8 Å². The van der Waals surface area contributed by atoms with Crippen LogP contribution in [-0.4, -0.2) is 79.3 Å². The number of piperazine rings is 1. The number of hydrogen-bond donors (Lipinski definition) is 3. The highest BCUT2D eigenvalue weighted by Gasteiger charge is 2.26. The highest BCUT2D eigenvalue weighted by molar-refractivity contribution is 14.0. The minimum absolute atomic E-state index is 0. The van der Waals surface area contributed by atoms with Gasteiger partial charge in [-0.05, 0) is 24.1 Å². The van der Waals surface area contributed by atoms with Crippen molar-refractivity contribution in [1.29, 1.82) is 0 Å². The molecule has 170 valence electrons. The van der Waals surface area contributed by atoms with Gasteiger partial charge in [0, 0.05) is 57.8 Å². The standard InChI is InChI=1S/C21H30N6O3.HI/c1-3-19(29)26-10-8-17(13-26)25-21(22-2)24-12-15-4-6-16(7-5-15)20(30)27-11-9-23-18(28)14-27;/h4-7,17H,3,8-14H2,1-2H3,(H,23,28)(H2,22,24,25);1H. The molecule has 1 atom stereocenters. The summed E-state index contributed by atoms with van der Waals surface area (Å²) in [5.41, 5.74) is 1.59. The number of likely N-dealkylation sites (tertiary alicyclic amines) is 1. The molecule has 31 heavy (non-hydrogen) atoms. The summed E-state index contributed by atoms with van der Waals surface area (Å²) in [7, 11) is 1.72. The van der Waals surface area contributed by atoms with Crippen molar-refractivity contribution in [3.63, 3.8) is 0 Å². The fourth-order valence-electron chi connectivity index (χ4n) is 3.66. The number of aliphatic imine (C=N–C) groups is 1. The summed E-state index contributed by atoms with van der Waals surface area (Å²) in [6.07, 6.45) is 1.43. The fraction of sp³-hybridized carbons (Fsp3) is 0.524. The molecule has 10 heteroatoms. The molecule has 0 aromatic heterocycles. The smallest absolute Gasteiger partial charge is 0.254 e. The molecule has 2 heterocycles. The summed E-state index contributed by atoms with van der Waals surface area (Å²) < 4.78 is 0. The molecule has 2 aliphatic heterocycles. The normalized spacial score (nSPS) is 18.8. The zero-order valence-corrected chi connectivity index (χ0v) is 20.3. The van der Waals surface area contributed by atoms with Crippen LogP contribution in [0.25, 0.3) is 0 Å². The van der Waals surface area contributed by atoms with Crippen LogP contribution in [0.1, 0.15) is 35.7 Å². The molecule has 2 aliphatic rings. The van der Waals surface area contributed by atoms with Gasteiger partial charge in [0.1, 0.15) is 0 Å². The van der Waals surface area contributed by atoms with Gasteiger partial charge in [-0.15, -0.1) is 24.0 Å². The monoisotopic (exact) mass is 542 g/mol. The van der Waals surface area contributed by atoms with Crippen molar-refractivity contribution in [3.8, 4) is 0 Å². The maximum absolute atomic E-state index is 12.5. The van der Waals surface area contributed by atoms with E-state index in [0.717, 1.165) is 18.5 Å². The second kappa shape index (κ2) is 11.9. The number of guanidine groups is 1. The summed E-state index contributed by atoms with van der Waals surface area (Å²) in [4.78, 5) is 43.5. The van der Waals surface area contributed by atoms with Crippen LogP contribution in [0.4, 0.5) is 0 Å². The lowest BCUT2D eigenvalue weighted by Gasteiger charge is -2.26. The predicted molar refractivity (Wildman–Crippen MR) is 129 cm³/mol. The first kappa shape index (κ1) is 24.9. The van der Waals surface area contributed by atoms with Gasteiger partial charge < -0.3 is 25.8 Å². The lowest BCUT2D eigenvalue weighted by atomic mass is 10.1. The summed E-state index contributed by atoms with van der Waals surface area (Å²) in [6, 6.07) is 7.55. The maximum Gasteiger partial charge on any atom is 0.254 e. The number of benzene rings is 1. The number of rotatable bonds is 5. The van der Waals surface area contributed by atoms with Crippen LogP contribution < -0.4 is 16.0 Å². The van der Waals surface area contributed by atoms with Crippen molar-refractivity contribution in [2.75, 3.05) is 39.8 Å². The molecule has 1 unspecified atom stereocenters. The average Bonchev–Trinajstić information content (AvgIpc) is 3.24. The third-order valence-electron chi connectivity index (χ3n) is 5.39. The SMILES string of the molecule is CCC(=O)N1CCC(NC(=NC)NCc2ccc(C(=O)N3CCNC(=O)C3)cc2)C1.I. The summed E-state index contributed by atoms with van der Waals surface area (Å²) in [6.45, 7) is 5.03. The third kappa shape index (κ3) is 6.81. The summed E-state index contributed by atoms with van der Waals surface area (Å²) in [5, 5.41) is 9.36. The highest BCUT2D eigenvalue weighted by atomic mass is 127. The second-order valence-corrected chi connectivity index (χ2v) is 7.52. The Hall–Kier alpha value is -2.37. The first-order chi connectivity index (χ1) is 14.5. The molecule has 1 aromatic carbocycles. The molecule has 3 rings (SSSR count). The van der Waals surface area contributed by atoms with Gasteiger partial charge in [-0.2, -0.15) is 0 Å². The third-order valence-corrected chi connectivity index (χ3v) is 5.39. The van der Waals surface area contributed by atoms with Crippen LogP contribution in [0.5, 0.6) is 0 Å².